The van der Waals surface area contributed by atoms with Crippen molar-refractivity contribution >= 4 is 0 Å². The summed E-state index contributed by atoms with van der Waals surface area (Å²) in [4.78, 5) is 0. The Bertz CT molecular complexity index is 552. The molecule has 2 heteroatoms. The summed E-state index contributed by atoms with van der Waals surface area (Å²) in [6.45, 7) is 4.59. The normalized spacial score (nSPS) is 10.8. The van der Waals surface area contributed by atoms with Gasteiger partial charge in [0.2, 0.25) is 1.43 Å². The third kappa shape index (κ3) is 3.70. The average Bonchev–Trinajstić information content (AvgIpc) is 2.48. The summed E-state index contributed by atoms with van der Waals surface area (Å²) in [5, 5.41) is 4.41. The standard InChI is InChI=1S/C17H18O2/c1-2-6-16-11-15(12-18)9-10-17(16)19-13-14-7-4-3-5-8-14/h2-5,7-11,18H,1,6,12-13H2/i18T. The van der Waals surface area contributed by atoms with Gasteiger partial charge in [-0.05, 0) is 35.2 Å². The predicted molar refractivity (Wildman–Crippen MR) is 77.0 cm³/mol. The van der Waals surface area contributed by atoms with Crippen molar-refractivity contribution < 1.29 is 9.85 Å². The van der Waals surface area contributed by atoms with E-state index in [4.69, 9.17) is 6.17 Å². The lowest BCUT2D eigenvalue weighted by atomic mass is 10.1. The molecule has 0 amide bonds. The molecule has 0 aromatic heterocycles. The molecule has 0 saturated carbocycles. The Labute approximate surface area is 115 Å². The van der Waals surface area contributed by atoms with Gasteiger partial charge >= 0.3 is 0 Å². The van der Waals surface area contributed by atoms with Crippen LogP contribution >= 0.6 is 0 Å². The van der Waals surface area contributed by atoms with Gasteiger partial charge in [-0.2, -0.15) is 0 Å². The molecule has 98 valence electrons. The molecule has 0 aliphatic carbocycles. The van der Waals surface area contributed by atoms with Crippen LogP contribution in [-0.4, -0.2) is 6.54 Å². The van der Waals surface area contributed by atoms with Crippen molar-refractivity contribution in [2.75, 3.05) is 0 Å². The van der Waals surface area contributed by atoms with Crippen molar-refractivity contribution in [1.29, 1.82) is 1.43 Å². The van der Waals surface area contributed by atoms with E-state index in [-0.39, 0.29) is 6.61 Å². The Kier molecular flexibility index (Phi) is 4.27. The minimum atomic E-state index is 0.281. The van der Waals surface area contributed by atoms with E-state index in [1.165, 1.54) is 0 Å². The van der Waals surface area contributed by atoms with Crippen LogP contribution in [-0.2, 0) is 19.6 Å². The van der Waals surface area contributed by atoms with Crippen molar-refractivity contribution in [2.45, 2.75) is 19.6 Å². The van der Waals surface area contributed by atoms with Crippen molar-refractivity contribution in [1.82, 2.24) is 0 Å². The van der Waals surface area contributed by atoms with Gasteiger partial charge in [-0.3, -0.25) is 0 Å². The van der Waals surface area contributed by atoms with Crippen LogP contribution in [0, 0.1) is 0 Å². The Morgan fingerprint density at radius 1 is 1.16 bits per heavy atom. The van der Waals surface area contributed by atoms with Crippen LogP contribution in [0.15, 0.2) is 61.2 Å². The molecule has 0 saturated heterocycles. The van der Waals surface area contributed by atoms with Gasteiger partial charge in [-0.15, -0.1) is 6.58 Å². The van der Waals surface area contributed by atoms with Gasteiger partial charge < -0.3 is 9.85 Å². The van der Waals surface area contributed by atoms with Crippen LogP contribution in [0.25, 0.3) is 0 Å². The first-order valence-electron chi connectivity index (χ1n) is 6.72. The molecular weight excluding hydrogens is 236 g/mol. The first-order valence-corrected chi connectivity index (χ1v) is 6.31. The molecule has 0 spiro atoms. The Morgan fingerprint density at radius 2 is 2.00 bits per heavy atom. The summed E-state index contributed by atoms with van der Waals surface area (Å²) < 4.78 is 12.7. The molecule has 2 nitrogen and oxygen atoms in total. The molecule has 0 fully saturated rings. The Balaban J connectivity index is 2.11. The highest BCUT2D eigenvalue weighted by atomic mass is 16.5. The SMILES string of the molecule is [3H]OCc1ccc(OCc2ccccc2)c(CC=C)c1. The molecular formula is C17H18O2. The van der Waals surface area contributed by atoms with Gasteiger partial charge in [-0.1, -0.05) is 42.5 Å². The lowest BCUT2D eigenvalue weighted by molar-refractivity contribution is 0.280. The molecule has 2 aromatic carbocycles. The molecule has 19 heavy (non-hydrogen) atoms. The zero-order chi connectivity index (χ0) is 14.2. The highest BCUT2D eigenvalue weighted by molar-refractivity contribution is 5.38. The molecule has 0 atom stereocenters. The second-order valence-electron chi connectivity index (χ2n) is 4.35. The van der Waals surface area contributed by atoms with E-state index in [1.54, 1.807) is 0 Å². The van der Waals surface area contributed by atoms with Gasteiger partial charge in [0.25, 0.3) is 0 Å². The van der Waals surface area contributed by atoms with E-state index in [2.05, 4.69) is 11.7 Å². The zero-order valence-electron chi connectivity index (χ0n) is 11.8. The summed E-state index contributed by atoms with van der Waals surface area (Å²) in [7, 11) is 0. The quantitative estimate of drug-likeness (QED) is 0.768. The summed E-state index contributed by atoms with van der Waals surface area (Å²) >= 11 is 0. The molecule has 0 aliphatic rings. The molecule has 2 aromatic rings. The third-order valence-corrected chi connectivity index (χ3v) is 2.89. The van der Waals surface area contributed by atoms with Gasteiger partial charge in [0.05, 0.1) is 6.61 Å². The second kappa shape index (κ2) is 6.76. The summed E-state index contributed by atoms with van der Waals surface area (Å²) in [6, 6.07) is 15.9. The fourth-order valence-electron chi connectivity index (χ4n) is 1.91. The monoisotopic (exact) mass is 256 g/mol. The van der Waals surface area contributed by atoms with E-state index < -0.39 is 0 Å². The number of aliphatic hydroxyl groups excluding tert-OH is 1. The largest absolute Gasteiger partial charge is 0.489 e. The number of rotatable bonds is 7. The third-order valence-electron chi connectivity index (χ3n) is 2.89. The molecule has 2 rings (SSSR count). The van der Waals surface area contributed by atoms with E-state index in [0.717, 1.165) is 28.9 Å². The molecule has 0 bridgehead atoms. The fraction of sp³-hybridized carbons (Fsp3) is 0.176. The number of hydrogen-bond donors (Lipinski definition) is 1. The van der Waals surface area contributed by atoms with E-state index >= 15 is 0 Å². The van der Waals surface area contributed by atoms with Crippen molar-refractivity contribution in [2.24, 2.45) is 0 Å². The molecule has 1 N–H and O–H groups in total. The van der Waals surface area contributed by atoms with Crippen molar-refractivity contribution in [3.63, 3.8) is 0 Å². The van der Waals surface area contributed by atoms with Gasteiger partial charge in [0.1, 0.15) is 12.4 Å². The minimum absolute atomic E-state index is 0.281. The minimum Gasteiger partial charge on any atom is -0.489 e. The van der Waals surface area contributed by atoms with Crippen molar-refractivity contribution in [3.05, 3.63) is 77.9 Å². The summed E-state index contributed by atoms with van der Waals surface area (Å²) in [6.07, 6.45) is 2.58. The van der Waals surface area contributed by atoms with E-state index in [9.17, 15) is 0 Å². The van der Waals surface area contributed by atoms with E-state index in [1.807, 2.05) is 54.6 Å². The Morgan fingerprint density at radius 3 is 2.74 bits per heavy atom. The number of aliphatic hydroxyl groups is 1. The number of benzene rings is 2. The van der Waals surface area contributed by atoms with Crippen molar-refractivity contribution in [3.8, 4) is 5.75 Å². The van der Waals surface area contributed by atoms with Crippen LogP contribution in [0.3, 0.4) is 0 Å². The van der Waals surface area contributed by atoms with Gasteiger partial charge in [-0.25, -0.2) is 0 Å². The van der Waals surface area contributed by atoms with Crippen LogP contribution in [0.1, 0.15) is 16.7 Å². The summed E-state index contributed by atoms with van der Waals surface area (Å²) in [5.74, 6) is 0.850. The zero-order valence-corrected chi connectivity index (χ0v) is 10.8. The van der Waals surface area contributed by atoms with Crippen LogP contribution in [0.5, 0.6) is 5.75 Å². The maximum atomic E-state index is 6.81. The topological polar surface area (TPSA) is 29.5 Å². The highest BCUT2D eigenvalue weighted by Gasteiger charge is 2.04. The Hall–Kier alpha value is -2.06. The number of allylic oxidation sites excluding steroid dienone is 1. The van der Waals surface area contributed by atoms with E-state index in [0.29, 0.717) is 6.61 Å². The average molecular weight is 256 g/mol. The smallest absolute Gasteiger partial charge is 0.211 e. The van der Waals surface area contributed by atoms with Gasteiger partial charge in [0, 0.05) is 0 Å². The lowest BCUT2D eigenvalue weighted by Gasteiger charge is -2.12. The highest BCUT2D eigenvalue weighted by Crippen LogP contribution is 2.22. The number of hydrogen-bond acceptors (Lipinski definition) is 2. The summed E-state index contributed by atoms with van der Waals surface area (Å²) in [5.41, 5.74) is 3.16. The predicted octanol–water partition coefficient (Wildman–Crippen LogP) is 3.49. The molecule has 0 radical (unpaired) electrons. The first kappa shape index (κ1) is 12.0. The van der Waals surface area contributed by atoms with Gasteiger partial charge in [0.15, 0.2) is 0 Å². The number of ether oxygens (including phenoxy) is 1. The molecule has 0 aliphatic heterocycles. The lowest BCUT2D eigenvalue weighted by Crippen LogP contribution is -1.99. The molecule has 0 heterocycles. The van der Waals surface area contributed by atoms with Crippen LogP contribution in [0.2, 0.25) is 0 Å². The maximum absolute atomic E-state index is 6.81. The maximum Gasteiger partial charge on any atom is 0.211 e. The fourth-order valence-corrected chi connectivity index (χ4v) is 1.91. The molecule has 0 unspecified atom stereocenters. The second-order valence-corrected chi connectivity index (χ2v) is 4.35. The first-order chi connectivity index (χ1) is 9.83. The van der Waals surface area contributed by atoms with Crippen LogP contribution in [0.4, 0.5) is 0 Å². The van der Waals surface area contributed by atoms with Crippen LogP contribution < -0.4 is 4.74 Å².